The zero-order chi connectivity index (χ0) is 55.3. The van der Waals surface area contributed by atoms with Crippen LogP contribution in [-0.2, 0) is 28.0 Å². The van der Waals surface area contributed by atoms with Gasteiger partial charge in [-0.1, -0.05) is 104 Å². The first-order valence-corrected chi connectivity index (χ1v) is 29.6. The van der Waals surface area contributed by atoms with Crippen molar-refractivity contribution in [2.75, 3.05) is 99.9 Å². The van der Waals surface area contributed by atoms with Gasteiger partial charge in [0.1, 0.15) is 47.5 Å². The fraction of sp³-hybridized carbons (Fsp3) is 0.547. The van der Waals surface area contributed by atoms with Crippen molar-refractivity contribution in [1.29, 1.82) is 0 Å². The number of halogens is 5. The van der Waals surface area contributed by atoms with Gasteiger partial charge in [-0.15, -0.1) is 20.3 Å². The maximum atomic E-state index is 12.8. The summed E-state index contributed by atoms with van der Waals surface area (Å²) in [5.74, 6) is 1.47. The molecule has 424 valence electrons. The van der Waals surface area contributed by atoms with Crippen LogP contribution in [0.2, 0.25) is 20.1 Å². The summed E-state index contributed by atoms with van der Waals surface area (Å²) in [7, 11) is 6.15. The molecular weight excluding hydrogens is 1130 g/mol. The summed E-state index contributed by atoms with van der Waals surface area (Å²) in [6.45, 7) is 12.0. The first-order chi connectivity index (χ1) is 37.3. The SMILES string of the molecule is CC[C@H]1CN(c2ncc(NSOOC)cc2Cl)CCN1C1CCCCC1.CC[C@H]1CN(c2ncc(NSOOC)cc2Cl)CCN1C1CCN([C@@H](C(=O)NC)c2ccc(Cl)cc2)CC1.CNC(=O)C(Cl)c1ccc(Cl)cc1. The molecule has 2 aromatic carbocycles. The monoisotopic (exact) mass is 1200 g/mol. The quantitative estimate of drug-likeness (QED) is 0.0175. The summed E-state index contributed by atoms with van der Waals surface area (Å²) in [4.78, 5) is 54.6. The second-order valence-electron chi connectivity index (χ2n) is 19.0. The van der Waals surface area contributed by atoms with Gasteiger partial charge in [-0.05, 0) is 86.1 Å². The second kappa shape index (κ2) is 32.9. The number of hydrogen-bond acceptors (Lipinski definition) is 17. The number of aromatic nitrogens is 2. The maximum Gasteiger partial charge on any atom is 0.242 e. The van der Waals surface area contributed by atoms with Gasteiger partial charge >= 0.3 is 0 Å². The molecule has 4 N–H and O–H groups in total. The molecule has 1 aliphatic carbocycles. The molecule has 0 bridgehead atoms. The summed E-state index contributed by atoms with van der Waals surface area (Å²) in [5.41, 5.74) is 3.24. The minimum absolute atomic E-state index is 0.0150. The van der Waals surface area contributed by atoms with Crippen molar-refractivity contribution in [3.63, 3.8) is 0 Å². The van der Waals surface area contributed by atoms with Gasteiger partial charge in [0, 0.05) is 101 Å². The average Bonchev–Trinajstić information content (AvgIpc) is 3.46. The number of amides is 2. The van der Waals surface area contributed by atoms with Gasteiger partial charge in [-0.3, -0.25) is 24.3 Å². The van der Waals surface area contributed by atoms with E-state index in [4.69, 9.17) is 66.7 Å². The van der Waals surface area contributed by atoms with E-state index in [0.29, 0.717) is 38.2 Å². The number of alkyl halides is 1. The van der Waals surface area contributed by atoms with E-state index in [2.05, 4.69) is 78.2 Å². The Bertz CT molecular complexity index is 2420. The van der Waals surface area contributed by atoms with Crippen LogP contribution in [0.3, 0.4) is 0 Å². The number of piperazine rings is 2. The number of rotatable bonds is 19. The Balaban J connectivity index is 0.000000211. The van der Waals surface area contributed by atoms with E-state index in [-0.39, 0.29) is 17.9 Å². The summed E-state index contributed by atoms with van der Waals surface area (Å²) in [6.07, 6.45) is 14.7. The van der Waals surface area contributed by atoms with Crippen LogP contribution in [0.15, 0.2) is 73.1 Å². The highest BCUT2D eigenvalue weighted by Crippen LogP contribution is 2.35. The highest BCUT2D eigenvalue weighted by atomic mass is 35.5. The number of carbonyl (C=O) groups excluding carboxylic acids is 2. The Morgan fingerprint density at radius 3 is 1.48 bits per heavy atom. The predicted octanol–water partition coefficient (Wildman–Crippen LogP) is 11.7. The number of benzene rings is 2. The van der Waals surface area contributed by atoms with Crippen LogP contribution in [-0.4, -0.2) is 141 Å². The first kappa shape index (κ1) is 62.9. The van der Waals surface area contributed by atoms with Crippen molar-refractivity contribution < 1.29 is 28.0 Å². The van der Waals surface area contributed by atoms with E-state index in [1.807, 2.05) is 36.4 Å². The summed E-state index contributed by atoms with van der Waals surface area (Å²) >= 11 is 32.7. The third kappa shape index (κ3) is 18.4. The molecule has 0 radical (unpaired) electrons. The van der Waals surface area contributed by atoms with Gasteiger partial charge in [0.2, 0.25) is 11.8 Å². The minimum atomic E-state index is -0.651. The van der Waals surface area contributed by atoms with Gasteiger partial charge in [-0.2, -0.15) is 0 Å². The van der Waals surface area contributed by atoms with E-state index in [1.54, 1.807) is 50.8 Å². The number of pyridine rings is 2. The molecule has 8 rings (SSSR count). The summed E-state index contributed by atoms with van der Waals surface area (Å²) in [6, 6.07) is 20.1. The molecule has 4 fully saturated rings. The molecule has 4 aromatic rings. The number of likely N-dealkylation sites (tertiary alicyclic amines) is 1. The topological polar surface area (TPSA) is 161 Å². The van der Waals surface area contributed by atoms with E-state index >= 15 is 0 Å². The molecule has 3 saturated heterocycles. The molecule has 24 heteroatoms. The molecule has 17 nitrogen and oxygen atoms in total. The Morgan fingerprint density at radius 2 is 1.06 bits per heavy atom. The smallest absolute Gasteiger partial charge is 0.242 e. The lowest BCUT2D eigenvalue weighted by Crippen LogP contribution is -2.59. The Hall–Kier alpha value is -3.25. The maximum absolute atomic E-state index is 12.8. The Morgan fingerprint density at radius 1 is 0.623 bits per heavy atom. The van der Waals surface area contributed by atoms with Gasteiger partial charge in [0.05, 0.1) is 48.0 Å². The van der Waals surface area contributed by atoms with E-state index in [1.165, 1.54) is 46.3 Å². The zero-order valence-corrected chi connectivity index (χ0v) is 50.1. The van der Waals surface area contributed by atoms with Crippen LogP contribution < -0.4 is 29.9 Å². The predicted molar refractivity (Wildman–Crippen MR) is 317 cm³/mol. The van der Waals surface area contributed by atoms with Crippen LogP contribution in [0.5, 0.6) is 0 Å². The van der Waals surface area contributed by atoms with Crippen molar-refractivity contribution in [3.8, 4) is 0 Å². The number of nitrogens with one attached hydrogen (secondary N) is 4. The van der Waals surface area contributed by atoms with Gasteiger partial charge < -0.3 is 29.9 Å². The third-order valence-corrected chi connectivity index (χ3v) is 17.0. The van der Waals surface area contributed by atoms with Crippen LogP contribution in [0.25, 0.3) is 0 Å². The molecule has 77 heavy (non-hydrogen) atoms. The van der Waals surface area contributed by atoms with E-state index < -0.39 is 5.38 Å². The highest BCUT2D eigenvalue weighted by Gasteiger charge is 2.37. The largest absolute Gasteiger partial charge is 0.358 e. The molecule has 3 aliphatic heterocycles. The van der Waals surface area contributed by atoms with Crippen LogP contribution in [0.4, 0.5) is 23.0 Å². The first-order valence-electron chi connectivity index (χ1n) is 26.2. The fourth-order valence-electron chi connectivity index (χ4n) is 10.6. The molecule has 1 saturated carbocycles. The minimum Gasteiger partial charge on any atom is -0.358 e. The Kier molecular flexibility index (Phi) is 26.9. The van der Waals surface area contributed by atoms with Crippen LogP contribution in [0, 0.1) is 0 Å². The normalized spacial score (nSPS) is 19.7. The number of nitrogens with zero attached hydrogens (tertiary/aromatic N) is 7. The van der Waals surface area contributed by atoms with Crippen LogP contribution >= 0.6 is 82.5 Å². The van der Waals surface area contributed by atoms with E-state index in [9.17, 15) is 9.59 Å². The number of anilines is 4. The van der Waals surface area contributed by atoms with Gasteiger partial charge in [0.25, 0.3) is 0 Å². The van der Waals surface area contributed by atoms with Crippen LogP contribution in [0.1, 0.15) is 94.2 Å². The van der Waals surface area contributed by atoms with Crippen molar-refractivity contribution in [1.82, 2.24) is 35.3 Å². The highest BCUT2D eigenvalue weighted by molar-refractivity contribution is 7.96. The third-order valence-electron chi connectivity index (χ3n) is 14.5. The fourth-order valence-corrected chi connectivity index (χ4v) is 12.3. The molecule has 4 atom stereocenters. The molecule has 4 aliphatic rings. The Labute approximate surface area is 488 Å². The van der Waals surface area contributed by atoms with Crippen molar-refractivity contribution >= 4 is 117 Å². The average molecular weight is 1200 g/mol. The molecular formula is C53H74Cl5N11O6S2. The van der Waals surface area contributed by atoms with Gasteiger partial charge in [0.15, 0.2) is 0 Å². The number of carbonyl (C=O) groups is 2. The zero-order valence-electron chi connectivity index (χ0n) is 44.7. The number of hydrogen-bond donors (Lipinski definition) is 4. The van der Waals surface area contributed by atoms with Crippen molar-refractivity contribution in [2.45, 2.75) is 107 Å². The lowest BCUT2D eigenvalue weighted by molar-refractivity contribution is -0.159. The van der Waals surface area contributed by atoms with Gasteiger partial charge in [-0.25, -0.2) is 19.7 Å². The van der Waals surface area contributed by atoms with Crippen molar-refractivity contribution in [3.05, 3.63) is 104 Å². The molecule has 2 aromatic heterocycles. The lowest BCUT2D eigenvalue weighted by atomic mass is 9.92. The second-order valence-corrected chi connectivity index (χ2v) is 22.2. The molecule has 1 unspecified atom stereocenters. The summed E-state index contributed by atoms with van der Waals surface area (Å²) in [5, 5.41) is 7.24. The number of likely N-dealkylation sites (N-methyl/N-ethyl adjacent to an activating group) is 2. The van der Waals surface area contributed by atoms with E-state index in [0.717, 1.165) is 143 Å². The molecule has 5 heterocycles. The standard InChI is InChI=1S/C26H36Cl2N6O3S.C18H29ClN4O2S.C9H9Cl2NO/c1-4-21-17-33(25-23(28)15-20(16-30-25)31-38-37-36-3)13-14-34(21)22-9-11-32(12-10-22)24(26(35)29-2)18-5-7-19(27)8-6-18;1-3-15-13-22(9-10-23(15)16-7-5-4-6-8-16)18-17(19)11-14(12-20-18)21-26-25-24-2;1-12-9(13)8(11)6-2-4-7(10)5-3-6/h5-8,15-16,21-22,24,31H,4,9-14,17H2,1-3H3,(H,29,35);11-12,15-16,21H,3-10,13H2,1-2H3;2-5,8H,1H3,(H,12,13)/t21-,24+;15-;/m00./s1. The molecule has 2 amide bonds. The lowest BCUT2D eigenvalue weighted by Gasteiger charge is -2.48. The number of piperidine rings is 1. The summed E-state index contributed by atoms with van der Waals surface area (Å²) < 4.78 is 15.5. The van der Waals surface area contributed by atoms with Crippen molar-refractivity contribution in [2.24, 2.45) is 0 Å². The molecule has 0 spiro atoms.